The number of nitrogens with zero attached hydrogens (tertiary/aromatic N) is 1. The van der Waals surface area contributed by atoms with Crippen LogP contribution >= 0.6 is 0 Å². The number of fused-ring (bicyclic) bond motifs is 2. The molecule has 0 bridgehead atoms. The van der Waals surface area contributed by atoms with Crippen LogP contribution in [0.1, 0.15) is 16.8 Å². The number of benzene rings is 2. The molecule has 9 heteroatoms. The molecule has 146 valence electrons. The lowest BCUT2D eigenvalue weighted by atomic mass is 10.2. The second-order valence-corrected chi connectivity index (χ2v) is 8.26. The Bertz CT molecular complexity index is 1040. The molecule has 0 fully saturated rings. The Morgan fingerprint density at radius 1 is 1.11 bits per heavy atom. The van der Waals surface area contributed by atoms with Gasteiger partial charge in [0.25, 0.3) is 15.9 Å². The fraction of sp³-hybridized carbons (Fsp3) is 0.263. The van der Waals surface area contributed by atoms with Gasteiger partial charge in [-0.2, -0.15) is 0 Å². The van der Waals surface area contributed by atoms with E-state index in [2.05, 4.69) is 5.32 Å². The first-order valence-corrected chi connectivity index (χ1v) is 10.2. The topological polar surface area (TPSA) is 102 Å². The number of nitrogens with one attached hydrogen (secondary N) is 1. The van der Waals surface area contributed by atoms with Crippen molar-refractivity contribution in [3.63, 3.8) is 0 Å². The molecule has 1 N–H and O–H groups in total. The van der Waals surface area contributed by atoms with E-state index in [1.165, 1.54) is 12.1 Å². The van der Waals surface area contributed by atoms with E-state index in [1.54, 1.807) is 24.3 Å². The van der Waals surface area contributed by atoms with Crippen molar-refractivity contribution in [3.8, 4) is 11.5 Å². The lowest BCUT2D eigenvalue weighted by Gasteiger charge is -2.26. The Labute approximate surface area is 162 Å². The van der Waals surface area contributed by atoms with Crippen molar-refractivity contribution >= 4 is 21.8 Å². The maximum absolute atomic E-state index is 12.5. The van der Waals surface area contributed by atoms with Crippen LogP contribution in [0.25, 0.3) is 0 Å². The van der Waals surface area contributed by atoms with Crippen molar-refractivity contribution in [3.05, 3.63) is 54.1 Å². The fourth-order valence-corrected chi connectivity index (χ4v) is 4.70. The normalized spacial score (nSPS) is 19.2. The first kappa shape index (κ1) is 18.3. The van der Waals surface area contributed by atoms with Crippen LogP contribution in [0.5, 0.6) is 11.5 Å². The Hall–Kier alpha value is -3.07. The van der Waals surface area contributed by atoms with Crippen molar-refractivity contribution < 1.29 is 27.5 Å². The zero-order valence-electron chi connectivity index (χ0n) is 14.8. The van der Waals surface area contributed by atoms with Gasteiger partial charge in [-0.1, -0.05) is 24.3 Å². The average Bonchev–Trinajstić information content (AvgIpc) is 2.90. The molecule has 2 heterocycles. The lowest BCUT2D eigenvalue weighted by molar-refractivity contribution is -0.121. The van der Waals surface area contributed by atoms with Gasteiger partial charge in [-0.15, -0.1) is 0 Å². The number of hydrogen-bond acceptors (Lipinski definition) is 6. The molecule has 0 radical (unpaired) electrons. The minimum absolute atomic E-state index is 0.0215. The van der Waals surface area contributed by atoms with E-state index in [9.17, 15) is 18.0 Å². The third-order valence-electron chi connectivity index (χ3n) is 4.55. The van der Waals surface area contributed by atoms with Crippen LogP contribution in [0.15, 0.2) is 53.4 Å². The summed E-state index contributed by atoms with van der Waals surface area (Å²) in [5, 5.41) is 2.69. The minimum Gasteiger partial charge on any atom is -0.486 e. The van der Waals surface area contributed by atoms with Gasteiger partial charge in [-0.25, -0.2) is 12.7 Å². The molecule has 0 aromatic heterocycles. The average molecular weight is 402 g/mol. The lowest BCUT2D eigenvalue weighted by Crippen LogP contribution is -2.42. The number of para-hydroxylation sites is 2. The molecule has 28 heavy (non-hydrogen) atoms. The van der Waals surface area contributed by atoms with E-state index in [-0.39, 0.29) is 42.0 Å². The van der Waals surface area contributed by atoms with Gasteiger partial charge < -0.3 is 14.8 Å². The molecular weight excluding hydrogens is 384 g/mol. The summed E-state index contributed by atoms with van der Waals surface area (Å²) in [6, 6.07) is 13.3. The highest BCUT2D eigenvalue weighted by atomic mass is 32.2. The maximum atomic E-state index is 12.5. The molecule has 1 atom stereocenters. The molecule has 2 amide bonds. The Morgan fingerprint density at radius 3 is 2.61 bits per heavy atom. The standard InChI is InChI=1S/C19H18N2O6S/c22-18(20-11-13-12-26-15-6-2-3-7-16(15)27-13)9-10-21-19(23)14-5-1-4-8-17(14)28(21,24)25/h1-8,13H,9-12H2,(H,20,22)/t13-/m1/s1. The molecule has 2 aliphatic rings. The quantitative estimate of drug-likeness (QED) is 0.806. The highest BCUT2D eigenvalue weighted by Gasteiger charge is 2.40. The number of carbonyl (C=O) groups is 2. The van der Waals surface area contributed by atoms with Crippen LogP contribution in [0.3, 0.4) is 0 Å². The highest BCUT2D eigenvalue weighted by Crippen LogP contribution is 2.31. The zero-order valence-corrected chi connectivity index (χ0v) is 15.6. The number of rotatable bonds is 5. The molecule has 2 aliphatic heterocycles. The van der Waals surface area contributed by atoms with E-state index in [1.807, 2.05) is 12.1 Å². The van der Waals surface area contributed by atoms with E-state index in [0.717, 1.165) is 4.31 Å². The third kappa shape index (κ3) is 3.29. The molecule has 0 unspecified atom stereocenters. The highest BCUT2D eigenvalue weighted by molar-refractivity contribution is 7.90. The summed E-state index contributed by atoms with van der Waals surface area (Å²) in [7, 11) is -3.90. The SMILES string of the molecule is O=C(CCN1C(=O)c2ccccc2S1(=O)=O)NC[C@@H]1COc2ccccc2O1. The van der Waals surface area contributed by atoms with Crippen molar-refractivity contribution in [2.45, 2.75) is 17.4 Å². The molecule has 4 rings (SSSR count). The summed E-state index contributed by atoms with van der Waals surface area (Å²) in [6.07, 6.45) is -0.483. The number of hydrogen-bond donors (Lipinski definition) is 1. The molecular formula is C19H18N2O6S. The fourth-order valence-electron chi connectivity index (χ4n) is 3.14. The molecule has 0 spiro atoms. The van der Waals surface area contributed by atoms with Gasteiger partial charge in [0.05, 0.1) is 12.1 Å². The van der Waals surface area contributed by atoms with Gasteiger partial charge in [-0.3, -0.25) is 9.59 Å². The van der Waals surface area contributed by atoms with E-state index >= 15 is 0 Å². The second-order valence-electron chi connectivity index (χ2n) is 6.43. The van der Waals surface area contributed by atoms with Crippen LogP contribution in [0.2, 0.25) is 0 Å². The molecule has 0 saturated heterocycles. The van der Waals surface area contributed by atoms with Crippen molar-refractivity contribution in [2.75, 3.05) is 19.7 Å². The first-order chi connectivity index (χ1) is 13.5. The summed E-state index contributed by atoms with van der Waals surface area (Å²) in [6.45, 7) is 0.298. The minimum atomic E-state index is -3.90. The van der Waals surface area contributed by atoms with Gasteiger partial charge in [-0.05, 0) is 24.3 Å². The van der Waals surface area contributed by atoms with Crippen LogP contribution < -0.4 is 14.8 Å². The molecule has 8 nitrogen and oxygen atoms in total. The largest absolute Gasteiger partial charge is 0.486 e. The first-order valence-electron chi connectivity index (χ1n) is 8.78. The summed E-state index contributed by atoms with van der Waals surface area (Å²) in [4.78, 5) is 24.4. The number of ether oxygens (including phenoxy) is 2. The van der Waals surface area contributed by atoms with Gasteiger partial charge in [0.2, 0.25) is 5.91 Å². The molecule has 2 aromatic rings. The Balaban J connectivity index is 1.31. The van der Waals surface area contributed by atoms with Crippen molar-refractivity contribution in [2.24, 2.45) is 0 Å². The van der Waals surface area contributed by atoms with E-state index < -0.39 is 15.9 Å². The summed E-state index contributed by atoms with van der Waals surface area (Å²) in [5.74, 6) is 0.285. The predicted octanol–water partition coefficient (Wildman–Crippen LogP) is 1.18. The van der Waals surface area contributed by atoms with Gasteiger partial charge in [0, 0.05) is 13.0 Å². The van der Waals surface area contributed by atoms with Gasteiger partial charge >= 0.3 is 0 Å². The summed E-state index contributed by atoms with van der Waals surface area (Å²) in [5.41, 5.74) is 0.134. The third-order valence-corrected chi connectivity index (χ3v) is 6.39. The monoisotopic (exact) mass is 402 g/mol. The predicted molar refractivity (Wildman–Crippen MR) is 98.6 cm³/mol. The summed E-state index contributed by atoms with van der Waals surface area (Å²) < 4.78 is 37.0. The zero-order chi connectivity index (χ0) is 19.7. The van der Waals surface area contributed by atoms with E-state index in [4.69, 9.17) is 9.47 Å². The van der Waals surface area contributed by atoms with Crippen molar-refractivity contribution in [1.29, 1.82) is 0 Å². The van der Waals surface area contributed by atoms with Gasteiger partial charge in [0.15, 0.2) is 11.5 Å². The second kappa shape index (κ2) is 7.16. The molecule has 0 aliphatic carbocycles. The van der Waals surface area contributed by atoms with E-state index in [0.29, 0.717) is 18.1 Å². The number of carbonyl (C=O) groups excluding carboxylic acids is 2. The van der Waals surface area contributed by atoms with Crippen LogP contribution in [-0.2, 0) is 14.8 Å². The molecule has 0 saturated carbocycles. The Morgan fingerprint density at radius 2 is 1.82 bits per heavy atom. The van der Waals surface area contributed by atoms with Crippen LogP contribution in [-0.4, -0.2) is 50.3 Å². The Kier molecular flexibility index (Phi) is 4.68. The summed E-state index contributed by atoms with van der Waals surface area (Å²) >= 11 is 0. The van der Waals surface area contributed by atoms with Crippen LogP contribution in [0.4, 0.5) is 0 Å². The maximum Gasteiger partial charge on any atom is 0.269 e. The number of amides is 2. The van der Waals surface area contributed by atoms with Crippen LogP contribution in [0, 0.1) is 0 Å². The molecule has 2 aromatic carbocycles. The number of sulfonamides is 1. The smallest absolute Gasteiger partial charge is 0.269 e. The van der Waals surface area contributed by atoms with Gasteiger partial charge in [0.1, 0.15) is 17.6 Å². The van der Waals surface area contributed by atoms with Crippen molar-refractivity contribution in [1.82, 2.24) is 9.62 Å².